The van der Waals surface area contributed by atoms with Crippen LogP contribution in [0.25, 0.3) is 0 Å². The number of hydrogen-bond donors (Lipinski definition) is 3. The molecule has 1 heterocycles. The van der Waals surface area contributed by atoms with E-state index in [4.69, 9.17) is 5.14 Å². The van der Waals surface area contributed by atoms with Crippen molar-refractivity contribution in [2.24, 2.45) is 11.1 Å². The predicted octanol–water partition coefficient (Wildman–Crippen LogP) is -0.829. The molecule has 7 heteroatoms. The third kappa shape index (κ3) is 7.30. The molecule has 0 radical (unpaired) electrons. The summed E-state index contributed by atoms with van der Waals surface area (Å²) < 4.78 is 21.3. The molecule has 0 unspecified atom stereocenters. The van der Waals surface area contributed by atoms with E-state index in [1.165, 1.54) is 0 Å². The first-order chi connectivity index (χ1) is 7.97. The van der Waals surface area contributed by atoms with Gasteiger partial charge in [0.15, 0.2) is 0 Å². The molecule has 17 heavy (non-hydrogen) atoms. The van der Waals surface area contributed by atoms with Gasteiger partial charge < -0.3 is 10.6 Å². The molecule has 1 aliphatic heterocycles. The van der Waals surface area contributed by atoms with Gasteiger partial charge in [0.05, 0.1) is 5.75 Å². The molecule has 0 aromatic heterocycles. The zero-order chi connectivity index (χ0) is 12.7. The van der Waals surface area contributed by atoms with Crippen LogP contribution in [0.3, 0.4) is 0 Å². The summed E-state index contributed by atoms with van der Waals surface area (Å²) in [7, 11) is -3.41. The molecule has 1 fully saturated rings. The van der Waals surface area contributed by atoms with Gasteiger partial charge in [-0.15, -0.1) is 0 Å². The topological polar surface area (TPSA) is 101 Å². The maximum absolute atomic E-state index is 11.5. The fourth-order valence-electron chi connectivity index (χ4n) is 1.92. The van der Waals surface area contributed by atoms with Gasteiger partial charge in [0, 0.05) is 13.0 Å². The number of sulfonamides is 1. The number of carbonyl (C=O) groups is 1. The van der Waals surface area contributed by atoms with E-state index < -0.39 is 10.0 Å². The van der Waals surface area contributed by atoms with Crippen molar-refractivity contribution in [3.8, 4) is 0 Å². The Bertz CT molecular complexity index is 337. The van der Waals surface area contributed by atoms with Gasteiger partial charge in [-0.2, -0.15) is 0 Å². The normalized spacial score (nSPS) is 17.9. The van der Waals surface area contributed by atoms with Crippen LogP contribution < -0.4 is 15.8 Å². The zero-order valence-corrected chi connectivity index (χ0v) is 10.8. The van der Waals surface area contributed by atoms with Gasteiger partial charge >= 0.3 is 0 Å². The van der Waals surface area contributed by atoms with Crippen molar-refractivity contribution in [2.75, 3.05) is 25.4 Å². The molecule has 1 saturated heterocycles. The van der Waals surface area contributed by atoms with Crippen LogP contribution in [0.4, 0.5) is 0 Å². The molecule has 0 aliphatic carbocycles. The van der Waals surface area contributed by atoms with Gasteiger partial charge in [-0.1, -0.05) is 0 Å². The summed E-state index contributed by atoms with van der Waals surface area (Å²) in [6.07, 6.45) is 2.98. The Kier molecular flexibility index (Phi) is 5.87. The highest BCUT2D eigenvalue weighted by Gasteiger charge is 2.16. The van der Waals surface area contributed by atoms with E-state index in [0.717, 1.165) is 25.9 Å². The lowest BCUT2D eigenvalue weighted by Crippen LogP contribution is -2.33. The van der Waals surface area contributed by atoms with Crippen LogP contribution >= 0.6 is 0 Å². The Balaban J connectivity index is 2.08. The first-order valence-electron chi connectivity index (χ1n) is 5.95. The average Bonchev–Trinajstić information content (AvgIpc) is 2.25. The summed E-state index contributed by atoms with van der Waals surface area (Å²) in [4.78, 5) is 11.5. The second kappa shape index (κ2) is 6.93. The van der Waals surface area contributed by atoms with Crippen molar-refractivity contribution >= 4 is 15.9 Å². The monoisotopic (exact) mass is 263 g/mol. The lowest BCUT2D eigenvalue weighted by atomic mass is 9.94. The molecule has 100 valence electrons. The van der Waals surface area contributed by atoms with Crippen molar-refractivity contribution in [3.63, 3.8) is 0 Å². The van der Waals surface area contributed by atoms with Crippen molar-refractivity contribution in [2.45, 2.75) is 25.7 Å². The highest BCUT2D eigenvalue weighted by atomic mass is 32.2. The number of hydrogen-bond acceptors (Lipinski definition) is 4. The van der Waals surface area contributed by atoms with E-state index in [0.29, 0.717) is 25.3 Å². The lowest BCUT2D eigenvalue weighted by molar-refractivity contribution is -0.122. The first-order valence-corrected chi connectivity index (χ1v) is 7.67. The van der Waals surface area contributed by atoms with Crippen molar-refractivity contribution in [1.82, 2.24) is 10.6 Å². The van der Waals surface area contributed by atoms with E-state index >= 15 is 0 Å². The molecule has 0 bridgehead atoms. The lowest BCUT2D eigenvalue weighted by Gasteiger charge is -2.21. The molecule has 0 aromatic carbocycles. The smallest absolute Gasteiger partial charge is 0.220 e. The summed E-state index contributed by atoms with van der Waals surface area (Å²) in [5, 5.41) is 10.8. The second-order valence-electron chi connectivity index (χ2n) is 4.47. The summed E-state index contributed by atoms with van der Waals surface area (Å²) in [5.41, 5.74) is 0. The van der Waals surface area contributed by atoms with Crippen LogP contribution in [-0.2, 0) is 14.8 Å². The number of nitrogens with two attached hydrogens (primary N) is 1. The molecular formula is C10H21N3O3S. The SMILES string of the molecule is NS(=O)(=O)CCCNC(=O)CC1CCNCC1. The molecule has 0 atom stereocenters. The molecule has 0 saturated carbocycles. The van der Waals surface area contributed by atoms with Gasteiger partial charge in [0.25, 0.3) is 0 Å². The van der Waals surface area contributed by atoms with Crippen molar-refractivity contribution < 1.29 is 13.2 Å². The minimum absolute atomic E-state index is 0.00585. The Morgan fingerprint density at radius 3 is 2.59 bits per heavy atom. The molecule has 6 nitrogen and oxygen atoms in total. The van der Waals surface area contributed by atoms with Crippen LogP contribution in [0.1, 0.15) is 25.7 Å². The fraction of sp³-hybridized carbons (Fsp3) is 0.900. The molecule has 1 rings (SSSR count). The Morgan fingerprint density at radius 1 is 1.35 bits per heavy atom. The van der Waals surface area contributed by atoms with Crippen molar-refractivity contribution in [3.05, 3.63) is 0 Å². The van der Waals surface area contributed by atoms with E-state index in [1.54, 1.807) is 0 Å². The summed E-state index contributed by atoms with van der Waals surface area (Å²) in [6.45, 7) is 2.33. The van der Waals surface area contributed by atoms with Gasteiger partial charge in [0.2, 0.25) is 15.9 Å². The summed E-state index contributed by atoms with van der Waals surface area (Å²) in [6, 6.07) is 0. The third-order valence-corrected chi connectivity index (χ3v) is 3.72. The van der Waals surface area contributed by atoms with Gasteiger partial charge in [-0.3, -0.25) is 4.79 Å². The molecule has 1 aliphatic rings. The number of primary sulfonamides is 1. The van der Waals surface area contributed by atoms with Gasteiger partial charge in [-0.05, 0) is 38.3 Å². The minimum Gasteiger partial charge on any atom is -0.356 e. The Morgan fingerprint density at radius 2 is 2.00 bits per heavy atom. The largest absolute Gasteiger partial charge is 0.356 e. The molecular weight excluding hydrogens is 242 g/mol. The molecule has 0 spiro atoms. The predicted molar refractivity (Wildman–Crippen MR) is 65.8 cm³/mol. The first kappa shape index (κ1) is 14.4. The van der Waals surface area contributed by atoms with Gasteiger partial charge in [-0.25, -0.2) is 13.6 Å². The maximum atomic E-state index is 11.5. The van der Waals surface area contributed by atoms with E-state index in [1.807, 2.05) is 0 Å². The van der Waals surface area contributed by atoms with E-state index in [-0.39, 0.29) is 11.7 Å². The number of piperidine rings is 1. The molecule has 4 N–H and O–H groups in total. The Labute approximate surface area is 102 Å². The minimum atomic E-state index is -3.41. The standard InChI is InChI=1S/C10H21N3O3S/c11-17(15,16)7-1-4-13-10(14)8-9-2-5-12-6-3-9/h9,12H,1-8H2,(H,13,14)(H2,11,15,16). The van der Waals surface area contributed by atoms with Gasteiger partial charge in [0.1, 0.15) is 0 Å². The van der Waals surface area contributed by atoms with Crippen LogP contribution in [0.2, 0.25) is 0 Å². The number of nitrogens with one attached hydrogen (secondary N) is 2. The third-order valence-electron chi connectivity index (χ3n) is 2.86. The fourth-order valence-corrected chi connectivity index (χ4v) is 2.47. The second-order valence-corrected chi connectivity index (χ2v) is 6.20. The quantitative estimate of drug-likeness (QED) is 0.544. The van der Waals surface area contributed by atoms with E-state index in [2.05, 4.69) is 10.6 Å². The molecule has 1 amide bonds. The Hall–Kier alpha value is -0.660. The van der Waals surface area contributed by atoms with E-state index in [9.17, 15) is 13.2 Å². The average molecular weight is 263 g/mol. The number of carbonyl (C=O) groups excluding carboxylic acids is 1. The summed E-state index contributed by atoms with van der Waals surface area (Å²) >= 11 is 0. The highest BCUT2D eigenvalue weighted by Crippen LogP contribution is 2.15. The zero-order valence-electron chi connectivity index (χ0n) is 9.94. The maximum Gasteiger partial charge on any atom is 0.220 e. The van der Waals surface area contributed by atoms with Crippen LogP contribution in [0.5, 0.6) is 0 Å². The van der Waals surface area contributed by atoms with Crippen LogP contribution in [0, 0.1) is 5.92 Å². The van der Waals surface area contributed by atoms with Crippen LogP contribution in [0.15, 0.2) is 0 Å². The highest BCUT2D eigenvalue weighted by molar-refractivity contribution is 7.89. The molecule has 0 aromatic rings. The number of amides is 1. The number of rotatable bonds is 6. The van der Waals surface area contributed by atoms with Crippen LogP contribution in [-0.4, -0.2) is 39.7 Å². The summed E-state index contributed by atoms with van der Waals surface area (Å²) in [5.74, 6) is 0.376. The van der Waals surface area contributed by atoms with Crippen molar-refractivity contribution in [1.29, 1.82) is 0 Å².